The summed E-state index contributed by atoms with van der Waals surface area (Å²) in [5.74, 6) is -0.610. The Kier molecular flexibility index (Phi) is 3.01. The molecule has 0 atom stereocenters. The fourth-order valence-corrected chi connectivity index (χ4v) is 2.64. The number of aliphatic hydroxyl groups excluding tert-OH is 1. The van der Waals surface area contributed by atoms with Gasteiger partial charge in [-0.25, -0.2) is 4.79 Å². The van der Waals surface area contributed by atoms with Gasteiger partial charge in [-0.2, -0.15) is 0 Å². The van der Waals surface area contributed by atoms with E-state index in [0.29, 0.717) is 12.8 Å². The number of esters is 1. The monoisotopic (exact) mass is 252 g/mol. The largest absolute Gasteiger partial charge is 0.507 e. The van der Waals surface area contributed by atoms with Crippen molar-refractivity contribution in [2.24, 2.45) is 0 Å². The Bertz CT molecular complexity index is 420. The van der Waals surface area contributed by atoms with E-state index < -0.39 is 17.2 Å². The average Bonchev–Trinajstić information content (AvgIpc) is 2.50. The van der Waals surface area contributed by atoms with E-state index in [2.05, 4.69) is 6.58 Å². The minimum Gasteiger partial charge on any atom is -0.507 e. The minimum absolute atomic E-state index is 0.0423. The van der Waals surface area contributed by atoms with Gasteiger partial charge in [-0.05, 0) is 45.1 Å². The van der Waals surface area contributed by atoms with E-state index >= 15 is 0 Å². The predicted molar refractivity (Wildman–Crippen MR) is 67.0 cm³/mol. The van der Waals surface area contributed by atoms with E-state index in [1.54, 1.807) is 0 Å². The zero-order valence-electron chi connectivity index (χ0n) is 11.0. The fourth-order valence-electron chi connectivity index (χ4n) is 2.64. The lowest BCUT2D eigenvalue weighted by Gasteiger charge is -2.31. The molecular weight excluding hydrogens is 232 g/mol. The topological polar surface area (TPSA) is 66.8 Å². The molecule has 1 spiro atoms. The molecule has 0 aromatic carbocycles. The first kappa shape index (κ1) is 13.1. The van der Waals surface area contributed by atoms with Crippen LogP contribution >= 0.6 is 0 Å². The number of aliphatic hydroxyl groups is 2. The number of hydrogen-bond donors (Lipinski definition) is 2. The van der Waals surface area contributed by atoms with Crippen molar-refractivity contribution in [3.05, 3.63) is 23.5 Å². The first-order valence-corrected chi connectivity index (χ1v) is 6.37. The van der Waals surface area contributed by atoms with Crippen molar-refractivity contribution in [1.29, 1.82) is 0 Å². The highest BCUT2D eigenvalue weighted by molar-refractivity contribution is 5.97. The molecule has 1 saturated carbocycles. The van der Waals surface area contributed by atoms with Gasteiger partial charge < -0.3 is 14.9 Å². The van der Waals surface area contributed by atoms with Crippen LogP contribution in [-0.2, 0) is 9.53 Å². The standard InChI is InChI=1S/C14H20O4/c1-9(13(2,3)17)10-11(15)14(18-12(10)16)7-5-4-6-8-14/h15,17H,1,4-8H2,2-3H3. The van der Waals surface area contributed by atoms with Gasteiger partial charge in [0.1, 0.15) is 5.57 Å². The first-order chi connectivity index (χ1) is 8.28. The summed E-state index contributed by atoms with van der Waals surface area (Å²) in [7, 11) is 0. The molecule has 2 rings (SSSR count). The van der Waals surface area contributed by atoms with E-state index in [0.717, 1.165) is 19.3 Å². The zero-order valence-corrected chi connectivity index (χ0v) is 11.0. The zero-order chi connectivity index (χ0) is 13.6. The summed E-state index contributed by atoms with van der Waals surface area (Å²) in [6.45, 7) is 6.79. The Morgan fingerprint density at radius 1 is 1.33 bits per heavy atom. The molecule has 0 aromatic rings. The van der Waals surface area contributed by atoms with Gasteiger partial charge in [0.25, 0.3) is 0 Å². The molecule has 0 unspecified atom stereocenters. The van der Waals surface area contributed by atoms with Gasteiger partial charge in [0.15, 0.2) is 11.4 Å². The molecule has 0 bridgehead atoms. The Labute approximate surface area is 107 Å². The molecule has 0 aromatic heterocycles. The van der Waals surface area contributed by atoms with Crippen molar-refractivity contribution in [2.75, 3.05) is 0 Å². The van der Waals surface area contributed by atoms with Crippen LogP contribution < -0.4 is 0 Å². The molecular formula is C14H20O4. The maximum absolute atomic E-state index is 11.9. The molecule has 1 aliphatic heterocycles. The maximum atomic E-state index is 11.9. The van der Waals surface area contributed by atoms with Gasteiger partial charge in [0, 0.05) is 0 Å². The molecule has 0 saturated heterocycles. The smallest absolute Gasteiger partial charge is 0.343 e. The van der Waals surface area contributed by atoms with Crippen LogP contribution in [0.25, 0.3) is 0 Å². The number of carbonyl (C=O) groups is 1. The lowest BCUT2D eigenvalue weighted by atomic mass is 9.81. The van der Waals surface area contributed by atoms with Gasteiger partial charge in [0.2, 0.25) is 0 Å². The molecule has 1 heterocycles. The Morgan fingerprint density at radius 2 is 1.89 bits per heavy atom. The summed E-state index contributed by atoms with van der Waals surface area (Å²) < 4.78 is 5.40. The quantitative estimate of drug-likeness (QED) is 0.740. The van der Waals surface area contributed by atoms with Gasteiger partial charge in [0.05, 0.1) is 5.60 Å². The fraction of sp³-hybridized carbons (Fsp3) is 0.643. The van der Waals surface area contributed by atoms with Crippen LogP contribution in [0.2, 0.25) is 0 Å². The normalized spacial score (nSPS) is 23.4. The Balaban J connectivity index is 2.39. The molecule has 1 fully saturated rings. The third kappa shape index (κ3) is 1.94. The Hall–Kier alpha value is -1.29. The second-order valence-corrected chi connectivity index (χ2v) is 5.71. The van der Waals surface area contributed by atoms with E-state index in [9.17, 15) is 15.0 Å². The van der Waals surface area contributed by atoms with Crippen LogP contribution in [0.3, 0.4) is 0 Å². The molecule has 0 radical (unpaired) electrons. The highest BCUT2D eigenvalue weighted by Gasteiger charge is 2.50. The van der Waals surface area contributed by atoms with Crippen molar-refractivity contribution < 1.29 is 19.7 Å². The van der Waals surface area contributed by atoms with Crippen LogP contribution in [0, 0.1) is 0 Å². The van der Waals surface area contributed by atoms with Crippen LogP contribution in [0.5, 0.6) is 0 Å². The van der Waals surface area contributed by atoms with E-state index in [-0.39, 0.29) is 16.9 Å². The van der Waals surface area contributed by atoms with Crippen molar-refractivity contribution in [3.63, 3.8) is 0 Å². The molecule has 100 valence electrons. The molecule has 18 heavy (non-hydrogen) atoms. The van der Waals surface area contributed by atoms with Gasteiger partial charge in [-0.15, -0.1) is 0 Å². The van der Waals surface area contributed by atoms with Gasteiger partial charge >= 0.3 is 5.97 Å². The van der Waals surface area contributed by atoms with Crippen molar-refractivity contribution in [1.82, 2.24) is 0 Å². The lowest BCUT2D eigenvalue weighted by molar-refractivity contribution is -0.150. The second-order valence-electron chi connectivity index (χ2n) is 5.71. The van der Waals surface area contributed by atoms with Crippen molar-refractivity contribution in [3.8, 4) is 0 Å². The Morgan fingerprint density at radius 3 is 2.39 bits per heavy atom. The third-order valence-electron chi connectivity index (χ3n) is 3.86. The molecule has 4 heteroatoms. The molecule has 2 N–H and O–H groups in total. The summed E-state index contributed by atoms with van der Waals surface area (Å²) in [5, 5.41) is 20.2. The predicted octanol–water partition coefficient (Wildman–Crippen LogP) is 2.39. The molecule has 0 amide bonds. The number of ether oxygens (including phenoxy) is 1. The van der Waals surface area contributed by atoms with Gasteiger partial charge in [-0.1, -0.05) is 13.0 Å². The lowest BCUT2D eigenvalue weighted by Crippen LogP contribution is -2.34. The van der Waals surface area contributed by atoms with E-state index in [1.165, 1.54) is 13.8 Å². The van der Waals surface area contributed by atoms with Crippen LogP contribution in [0.4, 0.5) is 0 Å². The van der Waals surface area contributed by atoms with Crippen molar-refractivity contribution in [2.45, 2.75) is 57.2 Å². The second kappa shape index (κ2) is 4.12. The van der Waals surface area contributed by atoms with Crippen LogP contribution in [-0.4, -0.2) is 27.4 Å². The van der Waals surface area contributed by atoms with Crippen LogP contribution in [0.1, 0.15) is 46.0 Å². The van der Waals surface area contributed by atoms with Gasteiger partial charge in [-0.3, -0.25) is 0 Å². The average molecular weight is 252 g/mol. The molecule has 2 aliphatic rings. The summed E-state index contributed by atoms with van der Waals surface area (Å²) in [4.78, 5) is 11.9. The summed E-state index contributed by atoms with van der Waals surface area (Å²) in [6.07, 6.45) is 4.24. The molecule has 1 aliphatic carbocycles. The highest BCUT2D eigenvalue weighted by atomic mass is 16.6. The molecule has 4 nitrogen and oxygen atoms in total. The number of hydrogen-bond acceptors (Lipinski definition) is 4. The first-order valence-electron chi connectivity index (χ1n) is 6.37. The van der Waals surface area contributed by atoms with E-state index in [1.807, 2.05) is 0 Å². The van der Waals surface area contributed by atoms with Crippen LogP contribution in [0.15, 0.2) is 23.5 Å². The summed E-state index contributed by atoms with van der Waals surface area (Å²) in [5.41, 5.74) is -1.83. The highest BCUT2D eigenvalue weighted by Crippen LogP contribution is 2.45. The SMILES string of the molecule is C=C(C1=C(O)C2(CCCCC2)OC1=O)C(C)(C)O. The summed E-state index contributed by atoms with van der Waals surface area (Å²) in [6, 6.07) is 0. The van der Waals surface area contributed by atoms with E-state index in [4.69, 9.17) is 4.74 Å². The third-order valence-corrected chi connectivity index (χ3v) is 3.86. The minimum atomic E-state index is -1.25. The summed E-state index contributed by atoms with van der Waals surface area (Å²) >= 11 is 0. The number of carbonyl (C=O) groups excluding carboxylic acids is 1. The maximum Gasteiger partial charge on any atom is 0.343 e. The van der Waals surface area contributed by atoms with Crippen molar-refractivity contribution >= 4 is 5.97 Å². The number of rotatable bonds is 2.